The number of rotatable bonds is 4. The lowest BCUT2D eigenvalue weighted by Gasteiger charge is -2.37. The molecule has 1 aromatic rings. The van der Waals surface area contributed by atoms with Gasteiger partial charge in [-0.25, -0.2) is 0 Å². The Labute approximate surface area is 118 Å². The highest BCUT2D eigenvalue weighted by atomic mass is 16.6. The summed E-state index contributed by atoms with van der Waals surface area (Å²) in [7, 11) is -0.750. The third kappa shape index (κ3) is 5.56. The molecule has 0 aliphatic carbocycles. The summed E-state index contributed by atoms with van der Waals surface area (Å²) >= 11 is 0. The van der Waals surface area contributed by atoms with Crippen molar-refractivity contribution in [1.29, 1.82) is 0 Å². The summed E-state index contributed by atoms with van der Waals surface area (Å²) in [6, 6.07) is 5.78. The van der Waals surface area contributed by atoms with Gasteiger partial charge in [0.1, 0.15) is 11.4 Å². The van der Waals surface area contributed by atoms with Crippen LogP contribution in [0.15, 0.2) is 24.3 Å². The number of nitro groups is 1. The highest BCUT2D eigenvalue weighted by Gasteiger charge is 2.37. The van der Waals surface area contributed by atoms with Crippen LogP contribution in [-0.4, -0.2) is 39.0 Å². The van der Waals surface area contributed by atoms with Crippen LogP contribution in [0.3, 0.4) is 0 Å². The zero-order valence-corrected chi connectivity index (χ0v) is 12.0. The summed E-state index contributed by atoms with van der Waals surface area (Å²) in [5, 5.41) is 34.6. The van der Waals surface area contributed by atoms with E-state index in [1.165, 1.54) is 24.3 Å². The summed E-state index contributed by atoms with van der Waals surface area (Å²) in [5.41, 5.74) is -1.80. The fraction of sp³-hybridized carbons (Fsp3) is 0.500. The first kappa shape index (κ1) is 18.4. The molecule has 0 bridgehead atoms. The van der Waals surface area contributed by atoms with Gasteiger partial charge in [-0.15, -0.1) is 0 Å². The Bertz CT molecular complexity index is 427. The lowest BCUT2D eigenvalue weighted by Crippen LogP contribution is -2.49. The number of nitro benzene ring substituents is 1. The lowest BCUT2D eigenvalue weighted by atomic mass is 9.89. The first-order valence-corrected chi connectivity index (χ1v) is 5.92. The quantitative estimate of drug-likeness (QED) is 0.427. The van der Waals surface area contributed by atoms with Gasteiger partial charge in [0.05, 0.1) is 10.5 Å². The van der Waals surface area contributed by atoms with Crippen molar-refractivity contribution in [2.75, 3.05) is 0 Å². The van der Waals surface area contributed by atoms with E-state index in [9.17, 15) is 15.2 Å². The molecule has 112 valence electrons. The molecule has 0 atom stereocenters. The molecule has 0 unspecified atom stereocenters. The van der Waals surface area contributed by atoms with Crippen LogP contribution in [0.25, 0.3) is 0 Å². The Morgan fingerprint density at radius 1 is 1.15 bits per heavy atom. The minimum absolute atomic E-state index is 0.0124. The van der Waals surface area contributed by atoms with Gasteiger partial charge in [-0.3, -0.25) is 10.1 Å². The number of hydrogen-bond donors (Lipinski definition) is 3. The number of benzene rings is 1. The maximum Gasteiger partial charge on any atom is 0.432 e. The zero-order valence-electron chi connectivity index (χ0n) is 12.0. The van der Waals surface area contributed by atoms with E-state index in [1.54, 1.807) is 27.7 Å². The topological polar surface area (TPSA) is 113 Å². The fourth-order valence-electron chi connectivity index (χ4n) is 1.06. The van der Waals surface area contributed by atoms with Crippen molar-refractivity contribution in [3.63, 3.8) is 0 Å². The molecule has 20 heavy (non-hydrogen) atoms. The first-order chi connectivity index (χ1) is 9.05. The van der Waals surface area contributed by atoms with Crippen LogP contribution in [0.5, 0.6) is 5.75 Å². The Hall–Kier alpha value is -1.64. The number of hydrogen-bond acceptors (Lipinski definition) is 6. The van der Waals surface area contributed by atoms with E-state index in [0.717, 1.165) is 0 Å². The number of aliphatic hydroxyl groups is 1. The number of non-ortho nitro benzene ring substituents is 1. The molecular formula is C12H20BNO6. The van der Waals surface area contributed by atoms with Gasteiger partial charge in [0.2, 0.25) is 0 Å². The molecule has 0 aliphatic rings. The molecule has 0 radical (unpaired) electrons. The third-order valence-electron chi connectivity index (χ3n) is 2.89. The van der Waals surface area contributed by atoms with E-state index in [2.05, 4.69) is 0 Å². The molecular weight excluding hydrogens is 265 g/mol. The molecule has 7 nitrogen and oxygen atoms in total. The van der Waals surface area contributed by atoms with Crippen molar-refractivity contribution in [3.8, 4) is 5.75 Å². The van der Waals surface area contributed by atoms with Gasteiger partial charge in [-0.05, 0) is 39.8 Å². The van der Waals surface area contributed by atoms with Gasteiger partial charge >= 0.3 is 7.69 Å². The molecule has 0 spiro atoms. The normalized spacial score (nSPS) is 11.2. The smallest absolute Gasteiger partial charge is 0.432 e. The third-order valence-corrected chi connectivity index (χ3v) is 2.89. The lowest BCUT2D eigenvalue weighted by molar-refractivity contribution is -0.384. The van der Waals surface area contributed by atoms with E-state index in [4.69, 9.17) is 14.8 Å². The van der Waals surface area contributed by atoms with E-state index in [1.807, 2.05) is 0 Å². The average Bonchev–Trinajstić information content (AvgIpc) is 2.28. The zero-order chi connectivity index (χ0) is 16.0. The number of nitrogens with zero attached hydrogens (tertiary/aromatic N) is 1. The molecule has 0 amide bonds. The minimum Gasteiger partial charge on any atom is -0.485 e. The predicted octanol–water partition coefficient (Wildman–Crippen LogP) is 0.761. The molecule has 0 heterocycles. The Kier molecular flexibility index (Phi) is 6.64. The second-order valence-electron chi connectivity index (χ2n) is 5.06. The molecule has 8 heteroatoms. The second kappa shape index (κ2) is 7.23. The van der Waals surface area contributed by atoms with Crippen LogP contribution >= 0.6 is 0 Å². The molecule has 0 saturated heterocycles. The van der Waals surface area contributed by atoms with Crippen molar-refractivity contribution in [2.45, 2.75) is 38.9 Å². The van der Waals surface area contributed by atoms with Gasteiger partial charge in [0.25, 0.3) is 5.69 Å². The maximum absolute atomic E-state index is 10.5. The van der Waals surface area contributed by atoms with Gasteiger partial charge in [-0.2, -0.15) is 0 Å². The molecule has 1 aromatic carbocycles. The first-order valence-electron chi connectivity index (χ1n) is 5.92. The van der Waals surface area contributed by atoms with Crippen LogP contribution in [0, 0.1) is 10.1 Å². The van der Waals surface area contributed by atoms with E-state index in [-0.39, 0.29) is 5.69 Å². The standard InChI is InChI=1S/C12H17NO4.BH3O2/c1-11(2,14)12(3,4)17-10-7-5-9(6-8-10)13(15)16;2-1-3/h5-8,14H,1-4H3;1-3H. The van der Waals surface area contributed by atoms with Gasteiger partial charge in [0.15, 0.2) is 0 Å². The SMILES string of the molecule is CC(C)(O)C(C)(C)Oc1ccc([N+](=O)[O-])cc1.OBO. The van der Waals surface area contributed by atoms with Crippen LogP contribution in [-0.2, 0) is 0 Å². The summed E-state index contributed by atoms with van der Waals surface area (Å²) in [6.45, 7) is 6.82. The van der Waals surface area contributed by atoms with E-state index >= 15 is 0 Å². The fourth-order valence-corrected chi connectivity index (χ4v) is 1.06. The summed E-state index contributed by atoms with van der Waals surface area (Å²) in [5.74, 6) is 0.489. The average molecular weight is 285 g/mol. The van der Waals surface area contributed by atoms with E-state index in [0.29, 0.717) is 5.75 Å². The monoisotopic (exact) mass is 285 g/mol. The molecule has 1 rings (SSSR count). The highest BCUT2D eigenvalue weighted by molar-refractivity contribution is 6.13. The van der Waals surface area contributed by atoms with Gasteiger partial charge in [-0.1, -0.05) is 0 Å². The van der Waals surface area contributed by atoms with Crippen molar-refractivity contribution in [3.05, 3.63) is 34.4 Å². The molecule has 0 saturated carbocycles. The van der Waals surface area contributed by atoms with Crippen molar-refractivity contribution in [1.82, 2.24) is 0 Å². The molecule has 0 fully saturated rings. The predicted molar refractivity (Wildman–Crippen MR) is 75.7 cm³/mol. The van der Waals surface area contributed by atoms with Crippen LogP contribution < -0.4 is 4.74 Å². The van der Waals surface area contributed by atoms with Crippen molar-refractivity contribution >= 4 is 13.4 Å². The Balaban J connectivity index is 0.00000110. The Morgan fingerprint density at radius 3 is 1.85 bits per heavy atom. The number of ether oxygens (including phenoxy) is 1. The molecule has 0 aromatic heterocycles. The Morgan fingerprint density at radius 2 is 1.55 bits per heavy atom. The van der Waals surface area contributed by atoms with Crippen LogP contribution in [0.2, 0.25) is 0 Å². The molecule has 3 N–H and O–H groups in total. The van der Waals surface area contributed by atoms with Gasteiger partial charge in [0, 0.05) is 12.1 Å². The van der Waals surface area contributed by atoms with Crippen molar-refractivity contribution in [2.24, 2.45) is 0 Å². The largest absolute Gasteiger partial charge is 0.485 e. The summed E-state index contributed by atoms with van der Waals surface area (Å²) in [4.78, 5) is 10.0. The highest BCUT2D eigenvalue weighted by Crippen LogP contribution is 2.28. The summed E-state index contributed by atoms with van der Waals surface area (Å²) < 4.78 is 5.63. The molecule has 0 aliphatic heterocycles. The van der Waals surface area contributed by atoms with Crippen molar-refractivity contribution < 1.29 is 24.8 Å². The van der Waals surface area contributed by atoms with E-state index < -0.39 is 23.8 Å². The summed E-state index contributed by atoms with van der Waals surface area (Å²) in [6.07, 6.45) is 0. The minimum atomic E-state index is -1.02. The second-order valence-corrected chi connectivity index (χ2v) is 5.06. The maximum atomic E-state index is 10.5. The van der Waals surface area contributed by atoms with Crippen LogP contribution in [0.4, 0.5) is 5.69 Å². The van der Waals surface area contributed by atoms with Crippen LogP contribution in [0.1, 0.15) is 27.7 Å². The van der Waals surface area contributed by atoms with Gasteiger partial charge < -0.3 is 19.9 Å².